The highest BCUT2D eigenvalue weighted by atomic mass is 15.1. The van der Waals surface area contributed by atoms with E-state index in [1.165, 1.54) is 5.57 Å². The maximum atomic E-state index is 8.66. The zero-order chi connectivity index (χ0) is 10.3. The summed E-state index contributed by atoms with van der Waals surface area (Å²) < 4.78 is 0. The van der Waals surface area contributed by atoms with Crippen molar-refractivity contribution in [3.8, 4) is 6.07 Å². The third kappa shape index (κ3) is 6.36. The molecule has 0 aliphatic carbocycles. The van der Waals surface area contributed by atoms with Crippen LogP contribution in [0, 0.1) is 17.2 Å². The first-order valence-electron chi connectivity index (χ1n) is 4.85. The van der Waals surface area contributed by atoms with Gasteiger partial charge in [-0.3, -0.25) is 4.90 Å². The lowest BCUT2D eigenvalue weighted by Gasteiger charge is -2.19. The maximum absolute atomic E-state index is 8.66. The Morgan fingerprint density at radius 1 is 1.54 bits per heavy atom. The minimum Gasteiger partial charge on any atom is -0.299 e. The monoisotopic (exact) mass is 180 g/mol. The van der Waals surface area contributed by atoms with Gasteiger partial charge in [0.1, 0.15) is 0 Å². The molecule has 2 nitrogen and oxygen atoms in total. The van der Waals surface area contributed by atoms with Gasteiger partial charge in [0.05, 0.1) is 12.0 Å². The Labute approximate surface area is 81.9 Å². The second-order valence-corrected chi connectivity index (χ2v) is 3.66. The van der Waals surface area contributed by atoms with Crippen LogP contribution < -0.4 is 0 Å². The zero-order valence-corrected chi connectivity index (χ0v) is 9.17. The number of rotatable bonds is 5. The molecule has 0 saturated carbocycles. The minimum absolute atomic E-state index is 0.130. The first-order chi connectivity index (χ1) is 6.10. The standard InChI is InChI=1S/C11H20N2/c1-5-13(7-6-10(2)3)9-11(4)8-12/h6,11H,5,7,9H2,1-4H3. The third-order valence-corrected chi connectivity index (χ3v) is 1.96. The highest BCUT2D eigenvalue weighted by Crippen LogP contribution is 1.99. The highest BCUT2D eigenvalue weighted by molar-refractivity contribution is 4.95. The van der Waals surface area contributed by atoms with E-state index in [2.05, 4.69) is 37.8 Å². The lowest BCUT2D eigenvalue weighted by atomic mass is 10.2. The average molecular weight is 180 g/mol. The van der Waals surface area contributed by atoms with Crippen LogP contribution in [0.3, 0.4) is 0 Å². The Morgan fingerprint density at radius 3 is 2.54 bits per heavy atom. The molecule has 0 aliphatic heterocycles. The van der Waals surface area contributed by atoms with Gasteiger partial charge in [-0.25, -0.2) is 0 Å². The van der Waals surface area contributed by atoms with Gasteiger partial charge in [-0.1, -0.05) is 18.6 Å². The number of hydrogen-bond acceptors (Lipinski definition) is 2. The van der Waals surface area contributed by atoms with Gasteiger partial charge in [0.25, 0.3) is 0 Å². The Hall–Kier alpha value is -0.810. The third-order valence-electron chi connectivity index (χ3n) is 1.96. The Bertz CT molecular complexity index is 197. The Kier molecular flexibility index (Phi) is 6.26. The van der Waals surface area contributed by atoms with Gasteiger partial charge in [0, 0.05) is 13.1 Å². The summed E-state index contributed by atoms with van der Waals surface area (Å²) in [6.07, 6.45) is 2.20. The summed E-state index contributed by atoms with van der Waals surface area (Å²) in [6.45, 7) is 11.1. The van der Waals surface area contributed by atoms with Crippen LogP contribution in [0.4, 0.5) is 0 Å². The topological polar surface area (TPSA) is 27.0 Å². The molecular formula is C11H20N2. The van der Waals surface area contributed by atoms with Crippen molar-refractivity contribution in [2.45, 2.75) is 27.7 Å². The SMILES string of the molecule is CCN(CC=C(C)C)CC(C)C#N. The van der Waals surface area contributed by atoms with Gasteiger partial charge < -0.3 is 0 Å². The number of nitriles is 1. The largest absolute Gasteiger partial charge is 0.299 e. The van der Waals surface area contributed by atoms with Crippen molar-refractivity contribution in [3.63, 3.8) is 0 Å². The van der Waals surface area contributed by atoms with E-state index in [1.54, 1.807) is 0 Å². The number of nitrogens with zero attached hydrogens (tertiary/aromatic N) is 2. The van der Waals surface area contributed by atoms with Crippen LogP contribution in [-0.4, -0.2) is 24.5 Å². The quantitative estimate of drug-likeness (QED) is 0.608. The molecular weight excluding hydrogens is 160 g/mol. The molecule has 0 aromatic heterocycles. The number of allylic oxidation sites excluding steroid dienone is 1. The van der Waals surface area contributed by atoms with Crippen molar-refractivity contribution in [1.82, 2.24) is 4.90 Å². The average Bonchev–Trinajstić information content (AvgIpc) is 2.11. The van der Waals surface area contributed by atoms with Crippen molar-refractivity contribution in [2.75, 3.05) is 19.6 Å². The van der Waals surface area contributed by atoms with E-state index in [1.807, 2.05) is 6.92 Å². The van der Waals surface area contributed by atoms with Crippen molar-refractivity contribution in [1.29, 1.82) is 5.26 Å². The van der Waals surface area contributed by atoms with Crippen LogP contribution in [0.1, 0.15) is 27.7 Å². The van der Waals surface area contributed by atoms with Crippen molar-refractivity contribution in [3.05, 3.63) is 11.6 Å². The van der Waals surface area contributed by atoms with Crippen molar-refractivity contribution >= 4 is 0 Å². The molecule has 0 N–H and O–H groups in total. The molecule has 0 bridgehead atoms. The summed E-state index contributed by atoms with van der Waals surface area (Å²) in [4.78, 5) is 2.28. The molecule has 0 amide bonds. The zero-order valence-electron chi connectivity index (χ0n) is 9.17. The summed E-state index contributed by atoms with van der Waals surface area (Å²) in [5, 5.41) is 8.66. The summed E-state index contributed by atoms with van der Waals surface area (Å²) in [5.74, 6) is 0.130. The van der Waals surface area contributed by atoms with E-state index in [-0.39, 0.29) is 5.92 Å². The number of likely N-dealkylation sites (N-methyl/N-ethyl adjacent to an activating group) is 1. The van der Waals surface area contributed by atoms with E-state index >= 15 is 0 Å². The molecule has 1 atom stereocenters. The molecule has 0 aliphatic rings. The second-order valence-electron chi connectivity index (χ2n) is 3.66. The van der Waals surface area contributed by atoms with E-state index in [0.29, 0.717) is 0 Å². The van der Waals surface area contributed by atoms with Crippen LogP contribution >= 0.6 is 0 Å². The van der Waals surface area contributed by atoms with Crippen LogP contribution in [0.5, 0.6) is 0 Å². The predicted octanol–water partition coefficient (Wildman–Crippen LogP) is 2.43. The van der Waals surface area contributed by atoms with Gasteiger partial charge in [-0.15, -0.1) is 0 Å². The lowest BCUT2D eigenvalue weighted by Crippen LogP contribution is -2.28. The molecule has 2 heteroatoms. The van der Waals surface area contributed by atoms with E-state index < -0.39 is 0 Å². The van der Waals surface area contributed by atoms with Gasteiger partial charge in [-0.05, 0) is 27.3 Å². The summed E-state index contributed by atoms with van der Waals surface area (Å²) in [7, 11) is 0. The molecule has 0 radical (unpaired) electrons. The molecule has 0 spiro atoms. The molecule has 0 aromatic rings. The summed E-state index contributed by atoms with van der Waals surface area (Å²) in [6, 6.07) is 2.25. The van der Waals surface area contributed by atoms with Crippen LogP contribution in [0.2, 0.25) is 0 Å². The Morgan fingerprint density at radius 2 is 2.15 bits per heavy atom. The van der Waals surface area contributed by atoms with Crippen molar-refractivity contribution in [2.24, 2.45) is 5.92 Å². The van der Waals surface area contributed by atoms with Crippen LogP contribution in [0.15, 0.2) is 11.6 Å². The van der Waals surface area contributed by atoms with Gasteiger partial charge in [0.15, 0.2) is 0 Å². The van der Waals surface area contributed by atoms with Crippen molar-refractivity contribution < 1.29 is 0 Å². The lowest BCUT2D eigenvalue weighted by molar-refractivity contribution is 0.296. The molecule has 0 heterocycles. The summed E-state index contributed by atoms with van der Waals surface area (Å²) in [5.41, 5.74) is 1.34. The highest BCUT2D eigenvalue weighted by Gasteiger charge is 2.05. The molecule has 0 saturated heterocycles. The fourth-order valence-electron chi connectivity index (χ4n) is 1.07. The first-order valence-corrected chi connectivity index (χ1v) is 4.85. The minimum atomic E-state index is 0.130. The van der Waals surface area contributed by atoms with E-state index in [4.69, 9.17) is 5.26 Å². The van der Waals surface area contributed by atoms with Gasteiger partial charge >= 0.3 is 0 Å². The van der Waals surface area contributed by atoms with Crippen LogP contribution in [0.25, 0.3) is 0 Å². The molecule has 74 valence electrons. The normalized spacial score (nSPS) is 12.3. The molecule has 0 rings (SSSR count). The predicted molar refractivity (Wildman–Crippen MR) is 56.3 cm³/mol. The fourth-order valence-corrected chi connectivity index (χ4v) is 1.07. The number of hydrogen-bond donors (Lipinski definition) is 0. The summed E-state index contributed by atoms with van der Waals surface area (Å²) >= 11 is 0. The van der Waals surface area contributed by atoms with Gasteiger partial charge in [-0.2, -0.15) is 5.26 Å². The molecule has 0 aromatic carbocycles. The molecule has 0 fully saturated rings. The Balaban J connectivity index is 3.91. The maximum Gasteiger partial charge on any atom is 0.0666 e. The molecule has 13 heavy (non-hydrogen) atoms. The van der Waals surface area contributed by atoms with Gasteiger partial charge in [0.2, 0.25) is 0 Å². The fraction of sp³-hybridized carbons (Fsp3) is 0.727. The van der Waals surface area contributed by atoms with E-state index in [9.17, 15) is 0 Å². The first kappa shape index (κ1) is 12.2. The smallest absolute Gasteiger partial charge is 0.0666 e. The molecule has 1 unspecified atom stereocenters. The van der Waals surface area contributed by atoms with Crippen LogP contribution in [-0.2, 0) is 0 Å². The second kappa shape index (κ2) is 6.68. The van der Waals surface area contributed by atoms with E-state index in [0.717, 1.165) is 19.6 Å².